The van der Waals surface area contributed by atoms with Gasteiger partial charge in [0.25, 0.3) is 0 Å². The molecule has 2 saturated heterocycles. The van der Waals surface area contributed by atoms with Crippen LogP contribution >= 0.6 is 15.9 Å². The molecule has 0 spiro atoms. The summed E-state index contributed by atoms with van der Waals surface area (Å²) in [5, 5.41) is 10.4. The van der Waals surface area contributed by atoms with Crippen molar-refractivity contribution in [2.24, 2.45) is 10.8 Å². The number of carbonyl (C=O) groups is 1. The van der Waals surface area contributed by atoms with E-state index in [1.807, 2.05) is 12.1 Å². The first-order valence-electron chi connectivity index (χ1n) is 18.3. The summed E-state index contributed by atoms with van der Waals surface area (Å²) in [5.74, 6) is -0.0112. The van der Waals surface area contributed by atoms with Gasteiger partial charge in [0.1, 0.15) is 0 Å². The minimum atomic E-state index is -0.397. The lowest BCUT2D eigenvalue weighted by Crippen LogP contribution is -2.87. The summed E-state index contributed by atoms with van der Waals surface area (Å²) in [6.07, 6.45) is 0. The molecule has 270 valence electrons. The third kappa shape index (κ3) is 4.40. The molecule has 1 aromatic heterocycles. The number of carbonyl (C=O) groups excluding carboxylic acids is 1. The summed E-state index contributed by atoms with van der Waals surface area (Å²) >= 11 is 4.03. The Morgan fingerprint density at radius 2 is 1.30 bits per heavy atom. The Labute approximate surface area is 309 Å². The average molecular weight is 744 g/mol. The summed E-state index contributed by atoms with van der Waals surface area (Å²) in [7, 11) is 0. The van der Waals surface area contributed by atoms with Crippen LogP contribution in [0.5, 0.6) is 0 Å². The standard InChI is InChI=1S/C43H59BrN4O2/c1-24-27-22-31(29(44)21-28(27)34(49)32-26-19-18-25(23-45)20-30(26)46-33(24)32)47-38(6,7)36(2,3)35(37(4,5)39(47,8)9)48-40(10,11)42(14,15)50-43(16,17)41(48,12)13/h18-22,24,35,46H,1-17H3. The van der Waals surface area contributed by atoms with Crippen LogP contribution in [0.25, 0.3) is 10.9 Å². The Kier molecular flexibility index (Phi) is 7.78. The number of nitriles is 1. The summed E-state index contributed by atoms with van der Waals surface area (Å²) in [5.41, 5.74) is 3.39. The molecule has 1 atom stereocenters. The van der Waals surface area contributed by atoms with Crippen LogP contribution in [0, 0.1) is 22.2 Å². The van der Waals surface area contributed by atoms with Gasteiger partial charge in [-0.2, -0.15) is 5.26 Å². The summed E-state index contributed by atoms with van der Waals surface area (Å²) in [6, 6.07) is 12.3. The third-order valence-corrected chi connectivity index (χ3v) is 15.9. The molecule has 0 bridgehead atoms. The van der Waals surface area contributed by atoms with E-state index in [0.29, 0.717) is 5.56 Å². The molecule has 0 radical (unpaired) electrons. The molecule has 2 aliphatic heterocycles. The van der Waals surface area contributed by atoms with E-state index in [-0.39, 0.29) is 50.7 Å². The van der Waals surface area contributed by atoms with Gasteiger partial charge in [-0.1, -0.05) is 40.7 Å². The van der Waals surface area contributed by atoms with Gasteiger partial charge in [0.2, 0.25) is 0 Å². The quantitative estimate of drug-likeness (QED) is 0.283. The predicted octanol–water partition coefficient (Wildman–Crippen LogP) is 10.7. The minimum absolute atomic E-state index is 0.0243. The number of hydrogen-bond donors (Lipinski definition) is 1. The smallest absolute Gasteiger partial charge is 0.195 e. The maximum atomic E-state index is 14.3. The Morgan fingerprint density at radius 3 is 1.80 bits per heavy atom. The van der Waals surface area contributed by atoms with E-state index in [1.165, 1.54) is 0 Å². The Balaban J connectivity index is 1.54. The third-order valence-electron chi connectivity index (χ3n) is 15.2. The highest BCUT2D eigenvalue weighted by atomic mass is 79.9. The highest BCUT2D eigenvalue weighted by molar-refractivity contribution is 9.10. The molecule has 3 aromatic rings. The zero-order valence-electron chi connectivity index (χ0n) is 33.6. The first kappa shape index (κ1) is 37.1. The lowest BCUT2D eigenvalue weighted by atomic mass is 9.48. The van der Waals surface area contributed by atoms with Crippen LogP contribution in [0.15, 0.2) is 34.8 Å². The number of benzene rings is 2. The topological polar surface area (TPSA) is 72.4 Å². The van der Waals surface area contributed by atoms with Crippen LogP contribution in [0.2, 0.25) is 0 Å². The lowest BCUT2D eigenvalue weighted by Gasteiger charge is -2.78. The number of fused-ring (bicyclic) bond motifs is 4. The number of rotatable bonds is 2. The van der Waals surface area contributed by atoms with Crippen molar-refractivity contribution in [1.29, 1.82) is 5.26 Å². The van der Waals surface area contributed by atoms with Crippen LogP contribution in [-0.2, 0) is 4.74 Å². The van der Waals surface area contributed by atoms with E-state index in [1.54, 1.807) is 6.07 Å². The summed E-state index contributed by atoms with van der Waals surface area (Å²) in [4.78, 5) is 23.3. The maximum absolute atomic E-state index is 14.3. The molecule has 2 fully saturated rings. The SMILES string of the molecule is CC1c2cc(N3C(C)(C)C(C)(C)C(N4C(C)(C)C(C)(C)OC(C)(C)C4(C)C)C(C)(C)C3(C)C)c(Br)cc2C(=O)c2c1[nH]c1cc(C#N)ccc21. The van der Waals surface area contributed by atoms with Gasteiger partial charge in [-0.25, -0.2) is 0 Å². The van der Waals surface area contributed by atoms with Gasteiger partial charge in [-0.15, -0.1) is 0 Å². The van der Waals surface area contributed by atoms with Crippen molar-refractivity contribution in [3.8, 4) is 6.07 Å². The summed E-state index contributed by atoms with van der Waals surface area (Å²) < 4.78 is 7.91. The van der Waals surface area contributed by atoms with Gasteiger partial charge < -0.3 is 14.6 Å². The number of nitrogens with one attached hydrogen (secondary N) is 1. The number of morpholine rings is 1. The molecule has 0 saturated carbocycles. The molecule has 7 heteroatoms. The number of piperidine rings is 1. The average Bonchev–Trinajstić information content (AvgIpc) is 3.36. The van der Waals surface area contributed by atoms with Crippen molar-refractivity contribution < 1.29 is 9.53 Å². The molecule has 1 aliphatic carbocycles. The van der Waals surface area contributed by atoms with Crippen LogP contribution in [0.4, 0.5) is 5.69 Å². The number of halogens is 1. The molecule has 50 heavy (non-hydrogen) atoms. The first-order valence-corrected chi connectivity index (χ1v) is 19.1. The molecule has 2 aromatic carbocycles. The van der Waals surface area contributed by atoms with Crippen LogP contribution in [0.3, 0.4) is 0 Å². The predicted molar refractivity (Wildman–Crippen MR) is 209 cm³/mol. The number of ether oxygens (including phenoxy) is 1. The fraction of sp³-hybridized carbons (Fsp3) is 0.628. The number of nitrogens with zero attached hydrogens (tertiary/aromatic N) is 3. The monoisotopic (exact) mass is 742 g/mol. The molecule has 6 rings (SSSR count). The first-order chi connectivity index (χ1) is 22.5. The van der Waals surface area contributed by atoms with Gasteiger partial charge in [-0.3, -0.25) is 9.69 Å². The molecular formula is C43H59BrN4O2. The number of aromatic amines is 1. The lowest BCUT2D eigenvalue weighted by molar-refractivity contribution is -0.324. The van der Waals surface area contributed by atoms with Gasteiger partial charge in [0.15, 0.2) is 5.78 Å². The van der Waals surface area contributed by atoms with Crippen molar-refractivity contribution in [2.45, 2.75) is 163 Å². The van der Waals surface area contributed by atoms with E-state index < -0.39 is 11.2 Å². The molecule has 0 amide bonds. The zero-order chi connectivity index (χ0) is 37.7. The van der Waals surface area contributed by atoms with Crippen LogP contribution in [0.1, 0.15) is 156 Å². The van der Waals surface area contributed by atoms with Gasteiger partial charge >= 0.3 is 0 Å². The van der Waals surface area contributed by atoms with Crippen molar-refractivity contribution >= 4 is 38.3 Å². The minimum Gasteiger partial charge on any atom is -0.366 e. The van der Waals surface area contributed by atoms with Crippen LogP contribution < -0.4 is 4.90 Å². The Bertz CT molecular complexity index is 1930. The molecular weight excluding hydrogens is 684 g/mol. The van der Waals surface area contributed by atoms with E-state index >= 15 is 0 Å². The fourth-order valence-electron chi connectivity index (χ4n) is 10.4. The number of hydrogen-bond acceptors (Lipinski definition) is 5. The molecule has 3 heterocycles. The summed E-state index contributed by atoms with van der Waals surface area (Å²) in [6.45, 7) is 40.2. The second-order valence-corrected chi connectivity index (χ2v) is 20.5. The van der Waals surface area contributed by atoms with Crippen LogP contribution in [-0.4, -0.2) is 55.1 Å². The largest absolute Gasteiger partial charge is 0.366 e. The van der Waals surface area contributed by atoms with E-state index in [0.717, 1.165) is 43.4 Å². The van der Waals surface area contributed by atoms with Gasteiger partial charge in [0.05, 0.1) is 34.1 Å². The van der Waals surface area contributed by atoms with Crippen molar-refractivity contribution in [3.63, 3.8) is 0 Å². The molecule has 1 unspecified atom stereocenters. The number of H-pyrrole nitrogens is 1. The highest BCUT2D eigenvalue weighted by Gasteiger charge is 2.72. The Hall–Kier alpha value is -2.66. The van der Waals surface area contributed by atoms with E-state index in [2.05, 4.69) is 167 Å². The molecule has 6 nitrogen and oxygen atoms in total. The second-order valence-electron chi connectivity index (χ2n) is 19.6. The number of anilines is 1. The van der Waals surface area contributed by atoms with Crippen molar-refractivity contribution in [1.82, 2.24) is 9.88 Å². The second kappa shape index (κ2) is 10.5. The van der Waals surface area contributed by atoms with Crippen molar-refractivity contribution in [2.75, 3.05) is 4.90 Å². The van der Waals surface area contributed by atoms with E-state index in [9.17, 15) is 10.1 Å². The van der Waals surface area contributed by atoms with Gasteiger partial charge in [-0.05, 0) is 129 Å². The molecule has 3 aliphatic rings. The molecule has 1 N–H and O–H groups in total. The normalized spacial score (nSPS) is 27.0. The fourth-order valence-corrected chi connectivity index (χ4v) is 10.9. The Morgan fingerprint density at radius 1 is 0.780 bits per heavy atom. The maximum Gasteiger partial charge on any atom is 0.195 e. The van der Waals surface area contributed by atoms with E-state index in [4.69, 9.17) is 4.74 Å². The van der Waals surface area contributed by atoms with Crippen molar-refractivity contribution in [3.05, 3.63) is 62.8 Å². The number of aromatic nitrogens is 1. The van der Waals surface area contributed by atoms with Gasteiger partial charge in [0, 0.05) is 71.6 Å². The zero-order valence-corrected chi connectivity index (χ0v) is 35.2. The highest BCUT2D eigenvalue weighted by Crippen LogP contribution is 2.65. The number of ketones is 1.